The minimum Gasteiger partial charge on any atom is -0.369 e. The van der Waals surface area contributed by atoms with Gasteiger partial charge in [-0.2, -0.15) is 5.26 Å². The largest absolute Gasteiger partial charge is 0.369 e. The highest BCUT2D eigenvalue weighted by Gasteiger charge is 2.42. The van der Waals surface area contributed by atoms with E-state index in [1.54, 1.807) is 0 Å². The first kappa shape index (κ1) is 17.5. The van der Waals surface area contributed by atoms with Crippen LogP contribution in [0.1, 0.15) is 58.3 Å². The molecular weight excluding hydrogens is 318 g/mol. The Labute approximate surface area is 140 Å². The third-order valence-electron chi connectivity index (χ3n) is 4.28. The fourth-order valence-electron chi connectivity index (χ4n) is 2.51. The predicted molar refractivity (Wildman–Crippen MR) is 85.8 cm³/mol. The maximum absolute atomic E-state index is 12.4. The summed E-state index contributed by atoms with van der Waals surface area (Å²) in [4.78, 5) is 13.4. The molecule has 0 radical (unpaired) electrons. The van der Waals surface area contributed by atoms with Crippen molar-refractivity contribution >= 4 is 23.3 Å². The SMILES string of the molecule is CCCC1=C(Cl)C(=O)N(c2noc(C(C)(C)CC)c2C#N)C1O. The molecule has 0 spiro atoms. The topological polar surface area (TPSA) is 90.4 Å². The molecule has 7 heteroatoms. The second-order valence-electron chi connectivity index (χ2n) is 6.20. The smallest absolute Gasteiger partial charge is 0.273 e. The maximum atomic E-state index is 12.4. The molecule has 23 heavy (non-hydrogen) atoms. The molecule has 1 aromatic heterocycles. The van der Waals surface area contributed by atoms with Crippen molar-refractivity contribution in [1.82, 2.24) is 5.16 Å². The molecule has 6 nitrogen and oxygen atoms in total. The summed E-state index contributed by atoms with van der Waals surface area (Å²) in [5.41, 5.74) is 0.196. The van der Waals surface area contributed by atoms with Crippen molar-refractivity contribution in [3.05, 3.63) is 21.9 Å². The van der Waals surface area contributed by atoms with Crippen LogP contribution >= 0.6 is 11.6 Å². The lowest BCUT2D eigenvalue weighted by Gasteiger charge is -2.21. The number of carbonyl (C=O) groups excluding carboxylic acids is 1. The molecule has 0 saturated heterocycles. The predicted octanol–water partition coefficient (Wildman–Crippen LogP) is 3.19. The second kappa shape index (κ2) is 6.34. The summed E-state index contributed by atoms with van der Waals surface area (Å²) in [5.74, 6) is -0.142. The summed E-state index contributed by atoms with van der Waals surface area (Å²) in [6, 6.07) is 2.04. The fourth-order valence-corrected chi connectivity index (χ4v) is 2.80. The summed E-state index contributed by atoms with van der Waals surface area (Å²) < 4.78 is 5.34. The van der Waals surface area contributed by atoms with E-state index < -0.39 is 17.6 Å². The van der Waals surface area contributed by atoms with Gasteiger partial charge in [-0.25, -0.2) is 0 Å². The average Bonchev–Trinajstić information content (AvgIpc) is 3.03. The molecule has 0 fully saturated rings. The van der Waals surface area contributed by atoms with Gasteiger partial charge in [-0.1, -0.05) is 50.9 Å². The normalized spacial score (nSPS) is 18.7. The van der Waals surface area contributed by atoms with E-state index in [2.05, 4.69) is 5.16 Å². The summed E-state index contributed by atoms with van der Waals surface area (Å²) in [7, 11) is 0. The molecule has 0 aliphatic carbocycles. The Morgan fingerprint density at radius 3 is 2.65 bits per heavy atom. The molecule has 1 N–H and O–H groups in total. The minimum atomic E-state index is -1.22. The van der Waals surface area contributed by atoms with Crippen molar-refractivity contribution in [3.8, 4) is 6.07 Å². The van der Waals surface area contributed by atoms with Crippen LogP contribution in [0, 0.1) is 11.3 Å². The summed E-state index contributed by atoms with van der Waals surface area (Å²) >= 11 is 6.05. The molecule has 124 valence electrons. The molecule has 1 unspecified atom stereocenters. The number of aliphatic hydroxyl groups is 1. The van der Waals surface area contributed by atoms with Crippen molar-refractivity contribution < 1.29 is 14.4 Å². The summed E-state index contributed by atoms with van der Waals surface area (Å²) in [6.45, 7) is 7.74. The zero-order valence-corrected chi connectivity index (χ0v) is 14.4. The van der Waals surface area contributed by atoms with E-state index in [-0.39, 0.29) is 16.4 Å². The van der Waals surface area contributed by atoms with Crippen LogP contribution in [0.3, 0.4) is 0 Å². The first-order valence-electron chi connectivity index (χ1n) is 7.60. The first-order chi connectivity index (χ1) is 10.8. The Hall–Kier alpha value is -1.84. The van der Waals surface area contributed by atoms with E-state index in [9.17, 15) is 15.2 Å². The zero-order valence-electron chi connectivity index (χ0n) is 13.7. The number of hydrogen-bond donors (Lipinski definition) is 1. The van der Waals surface area contributed by atoms with Crippen molar-refractivity contribution in [2.45, 2.75) is 58.6 Å². The Kier molecular flexibility index (Phi) is 4.83. The number of amides is 1. The van der Waals surface area contributed by atoms with Crippen LogP contribution < -0.4 is 4.90 Å². The molecular formula is C16H20ClN3O3. The van der Waals surface area contributed by atoms with E-state index in [1.807, 2.05) is 33.8 Å². The van der Waals surface area contributed by atoms with Gasteiger partial charge in [-0.15, -0.1) is 0 Å². The number of carbonyl (C=O) groups is 1. The Bertz CT molecular complexity index is 700. The number of aliphatic hydroxyl groups excluding tert-OH is 1. The lowest BCUT2D eigenvalue weighted by Crippen LogP contribution is -2.36. The summed E-state index contributed by atoms with van der Waals surface area (Å²) in [5, 5.41) is 23.8. The van der Waals surface area contributed by atoms with Crippen LogP contribution in [0.25, 0.3) is 0 Å². The van der Waals surface area contributed by atoms with Gasteiger partial charge in [0.2, 0.25) is 0 Å². The zero-order chi connectivity index (χ0) is 17.4. The standard InChI is InChI=1S/C16H20ClN3O3/c1-5-7-9-11(17)15(22)20(14(9)21)13-10(8-18)12(23-19-13)16(3,4)6-2/h14,21H,5-7H2,1-4H3. The average molecular weight is 338 g/mol. The Balaban J connectivity index is 2.50. The highest BCUT2D eigenvalue weighted by molar-refractivity contribution is 6.45. The monoisotopic (exact) mass is 337 g/mol. The van der Waals surface area contributed by atoms with E-state index in [4.69, 9.17) is 16.1 Å². The molecule has 1 amide bonds. The molecule has 1 aliphatic rings. The van der Waals surface area contributed by atoms with Crippen LogP contribution in [0.5, 0.6) is 0 Å². The van der Waals surface area contributed by atoms with Crippen molar-refractivity contribution in [1.29, 1.82) is 5.26 Å². The number of aromatic nitrogens is 1. The van der Waals surface area contributed by atoms with Gasteiger partial charge in [-0.05, 0) is 12.8 Å². The van der Waals surface area contributed by atoms with Crippen LogP contribution in [-0.4, -0.2) is 22.4 Å². The number of rotatable bonds is 5. The fraction of sp³-hybridized carbons (Fsp3) is 0.562. The van der Waals surface area contributed by atoms with Crippen LogP contribution in [0.4, 0.5) is 5.82 Å². The number of nitrogens with zero attached hydrogens (tertiary/aromatic N) is 3. The quantitative estimate of drug-likeness (QED) is 0.891. The number of hydrogen-bond acceptors (Lipinski definition) is 5. The number of anilines is 1. The van der Waals surface area contributed by atoms with E-state index in [0.717, 1.165) is 17.7 Å². The van der Waals surface area contributed by atoms with Crippen molar-refractivity contribution in [2.24, 2.45) is 0 Å². The molecule has 1 aliphatic heterocycles. The van der Waals surface area contributed by atoms with Crippen molar-refractivity contribution in [2.75, 3.05) is 4.90 Å². The third kappa shape index (κ3) is 2.75. The van der Waals surface area contributed by atoms with Crippen LogP contribution in [-0.2, 0) is 10.2 Å². The molecule has 2 heterocycles. The third-order valence-corrected chi connectivity index (χ3v) is 4.68. The molecule has 0 saturated carbocycles. The van der Waals surface area contributed by atoms with Gasteiger partial charge in [0.15, 0.2) is 17.8 Å². The number of halogens is 1. The Morgan fingerprint density at radius 1 is 1.48 bits per heavy atom. The van der Waals surface area contributed by atoms with E-state index >= 15 is 0 Å². The van der Waals surface area contributed by atoms with Gasteiger partial charge in [-0.3, -0.25) is 9.69 Å². The van der Waals surface area contributed by atoms with Gasteiger partial charge in [0.1, 0.15) is 16.7 Å². The van der Waals surface area contributed by atoms with Gasteiger partial charge in [0, 0.05) is 11.0 Å². The molecule has 1 atom stereocenters. The Morgan fingerprint density at radius 2 is 2.13 bits per heavy atom. The lowest BCUT2D eigenvalue weighted by molar-refractivity contribution is -0.115. The molecule has 2 rings (SSSR count). The van der Waals surface area contributed by atoms with Crippen LogP contribution in [0.15, 0.2) is 15.1 Å². The van der Waals surface area contributed by atoms with Gasteiger partial charge in [0.05, 0.1) is 0 Å². The molecule has 1 aromatic rings. The molecule has 0 bridgehead atoms. The highest BCUT2D eigenvalue weighted by atomic mass is 35.5. The van der Waals surface area contributed by atoms with Gasteiger partial charge < -0.3 is 9.63 Å². The van der Waals surface area contributed by atoms with E-state index in [0.29, 0.717) is 17.8 Å². The van der Waals surface area contributed by atoms with Gasteiger partial charge in [0.25, 0.3) is 5.91 Å². The van der Waals surface area contributed by atoms with E-state index in [1.165, 1.54) is 0 Å². The van der Waals surface area contributed by atoms with Crippen molar-refractivity contribution in [3.63, 3.8) is 0 Å². The lowest BCUT2D eigenvalue weighted by atomic mass is 9.85. The highest BCUT2D eigenvalue weighted by Crippen LogP contribution is 2.39. The summed E-state index contributed by atoms with van der Waals surface area (Å²) in [6.07, 6.45) is 0.744. The maximum Gasteiger partial charge on any atom is 0.273 e. The molecule has 0 aromatic carbocycles. The second-order valence-corrected chi connectivity index (χ2v) is 6.58. The number of nitriles is 1. The van der Waals surface area contributed by atoms with Gasteiger partial charge >= 0.3 is 0 Å². The first-order valence-corrected chi connectivity index (χ1v) is 7.98. The van der Waals surface area contributed by atoms with Crippen LogP contribution in [0.2, 0.25) is 0 Å². The minimum absolute atomic E-state index is 0.0115.